The van der Waals surface area contributed by atoms with Gasteiger partial charge < -0.3 is 11.1 Å². The maximum Gasteiger partial charge on any atom is 0.150 e. The van der Waals surface area contributed by atoms with Crippen molar-refractivity contribution in [2.75, 3.05) is 11.1 Å². The van der Waals surface area contributed by atoms with E-state index in [1.807, 2.05) is 31.2 Å². The number of nitrogen functional groups attached to an aromatic ring is 1. The lowest BCUT2D eigenvalue weighted by Crippen LogP contribution is -1.99. The van der Waals surface area contributed by atoms with Crippen molar-refractivity contribution in [1.29, 1.82) is 0 Å². The summed E-state index contributed by atoms with van der Waals surface area (Å²) in [5, 5.41) is 3.83. The zero-order valence-electron chi connectivity index (χ0n) is 11.3. The van der Waals surface area contributed by atoms with E-state index in [1.165, 1.54) is 6.07 Å². The predicted molar refractivity (Wildman–Crippen MR) is 88.3 cm³/mol. The quantitative estimate of drug-likeness (QED) is 0.657. The highest BCUT2D eigenvalue weighted by Crippen LogP contribution is 2.32. The Bertz CT molecular complexity index is 813. The Balaban J connectivity index is 2.16. The molecule has 0 saturated heterocycles. The molecular formula is C16H13BrFN3. The minimum absolute atomic E-state index is 0.331. The first-order chi connectivity index (χ1) is 10.0. The van der Waals surface area contributed by atoms with Crippen LogP contribution in [-0.4, -0.2) is 4.98 Å². The third-order valence-electron chi connectivity index (χ3n) is 3.19. The van der Waals surface area contributed by atoms with E-state index >= 15 is 0 Å². The van der Waals surface area contributed by atoms with Gasteiger partial charge in [-0.05, 0) is 48.9 Å². The van der Waals surface area contributed by atoms with Gasteiger partial charge in [-0.2, -0.15) is 0 Å². The molecule has 3 aromatic rings. The number of aromatic nitrogens is 1. The zero-order chi connectivity index (χ0) is 15.0. The molecule has 0 unspecified atom stereocenters. The largest absolute Gasteiger partial charge is 0.398 e. The van der Waals surface area contributed by atoms with Gasteiger partial charge in [0.25, 0.3) is 0 Å². The van der Waals surface area contributed by atoms with E-state index in [4.69, 9.17) is 5.73 Å². The third-order valence-corrected chi connectivity index (χ3v) is 3.65. The lowest BCUT2D eigenvalue weighted by Gasteiger charge is -2.13. The molecule has 0 aliphatic heterocycles. The van der Waals surface area contributed by atoms with Gasteiger partial charge in [-0.25, -0.2) is 4.39 Å². The van der Waals surface area contributed by atoms with Crippen LogP contribution in [0.5, 0.6) is 0 Å². The Morgan fingerprint density at radius 2 is 2.05 bits per heavy atom. The van der Waals surface area contributed by atoms with Crippen LogP contribution in [0.1, 0.15) is 5.56 Å². The Hall–Kier alpha value is -2.14. The van der Waals surface area contributed by atoms with Gasteiger partial charge in [0.05, 0.1) is 5.52 Å². The molecule has 0 atom stereocenters. The molecular weight excluding hydrogens is 333 g/mol. The highest BCUT2D eigenvalue weighted by atomic mass is 79.9. The van der Waals surface area contributed by atoms with Gasteiger partial charge in [0, 0.05) is 27.4 Å². The minimum Gasteiger partial charge on any atom is -0.398 e. The number of hydrogen-bond acceptors (Lipinski definition) is 3. The van der Waals surface area contributed by atoms with Crippen LogP contribution in [0.2, 0.25) is 0 Å². The molecule has 3 N–H and O–H groups in total. The van der Waals surface area contributed by atoms with Crippen LogP contribution in [0, 0.1) is 12.7 Å². The molecule has 0 amide bonds. The summed E-state index contributed by atoms with van der Waals surface area (Å²) in [4.78, 5) is 4.25. The molecule has 1 aromatic heterocycles. The molecule has 3 rings (SSSR count). The standard InChI is InChI=1S/C16H13BrFN3/c1-9-5-10(17)7-11(6-9)21-16-13(18)8-14(19)12-3-2-4-20-15(12)16/h2-8,21H,19H2,1H3. The smallest absolute Gasteiger partial charge is 0.150 e. The fourth-order valence-corrected chi connectivity index (χ4v) is 2.92. The molecule has 0 bridgehead atoms. The number of hydrogen-bond donors (Lipinski definition) is 2. The van der Waals surface area contributed by atoms with Crippen molar-refractivity contribution in [3.63, 3.8) is 0 Å². The summed E-state index contributed by atoms with van der Waals surface area (Å²) in [5.41, 5.74) is 8.94. The van der Waals surface area contributed by atoms with E-state index in [-0.39, 0.29) is 0 Å². The van der Waals surface area contributed by atoms with Crippen molar-refractivity contribution < 1.29 is 4.39 Å². The molecule has 2 aromatic carbocycles. The molecule has 0 fully saturated rings. The summed E-state index contributed by atoms with van der Waals surface area (Å²) in [5.74, 6) is -0.420. The predicted octanol–water partition coefficient (Wildman–Crippen LogP) is 4.77. The van der Waals surface area contributed by atoms with Crippen LogP contribution in [0.25, 0.3) is 10.9 Å². The van der Waals surface area contributed by atoms with Gasteiger partial charge in [-0.15, -0.1) is 0 Å². The highest BCUT2D eigenvalue weighted by Gasteiger charge is 2.12. The molecule has 0 saturated carbocycles. The summed E-state index contributed by atoms with van der Waals surface area (Å²) in [6.45, 7) is 1.98. The molecule has 106 valence electrons. The minimum atomic E-state index is -0.420. The van der Waals surface area contributed by atoms with Crippen LogP contribution in [0.3, 0.4) is 0 Å². The number of nitrogens with one attached hydrogen (secondary N) is 1. The van der Waals surface area contributed by atoms with Crippen LogP contribution >= 0.6 is 15.9 Å². The van der Waals surface area contributed by atoms with Crippen LogP contribution in [0.4, 0.5) is 21.5 Å². The van der Waals surface area contributed by atoms with E-state index in [0.29, 0.717) is 16.9 Å². The van der Waals surface area contributed by atoms with Gasteiger partial charge >= 0.3 is 0 Å². The van der Waals surface area contributed by atoms with Crippen molar-refractivity contribution in [2.24, 2.45) is 0 Å². The highest BCUT2D eigenvalue weighted by molar-refractivity contribution is 9.10. The second kappa shape index (κ2) is 5.33. The summed E-state index contributed by atoms with van der Waals surface area (Å²) < 4.78 is 15.2. The summed E-state index contributed by atoms with van der Waals surface area (Å²) in [6.07, 6.45) is 1.62. The van der Waals surface area contributed by atoms with E-state index in [0.717, 1.165) is 21.1 Å². The van der Waals surface area contributed by atoms with Gasteiger partial charge in [-0.1, -0.05) is 15.9 Å². The van der Waals surface area contributed by atoms with E-state index < -0.39 is 5.82 Å². The first-order valence-corrected chi connectivity index (χ1v) is 7.21. The number of aryl methyl sites for hydroxylation is 1. The molecule has 0 aliphatic rings. The Morgan fingerprint density at radius 3 is 2.81 bits per heavy atom. The molecule has 1 heterocycles. The zero-order valence-corrected chi connectivity index (χ0v) is 12.9. The maximum absolute atomic E-state index is 14.3. The SMILES string of the molecule is Cc1cc(Br)cc(Nc2c(F)cc(N)c3cccnc23)c1. The van der Waals surface area contributed by atoms with E-state index in [1.54, 1.807) is 12.3 Å². The number of halogens is 2. The molecule has 5 heteroatoms. The summed E-state index contributed by atoms with van der Waals surface area (Å²) in [6, 6.07) is 10.7. The van der Waals surface area contributed by atoms with Crippen molar-refractivity contribution in [1.82, 2.24) is 4.98 Å². The van der Waals surface area contributed by atoms with Crippen molar-refractivity contribution in [3.8, 4) is 0 Å². The second-order valence-corrected chi connectivity index (χ2v) is 5.78. The average molecular weight is 346 g/mol. The van der Waals surface area contributed by atoms with Crippen molar-refractivity contribution in [3.05, 3.63) is 58.4 Å². The number of anilines is 3. The fraction of sp³-hybridized carbons (Fsp3) is 0.0625. The topological polar surface area (TPSA) is 50.9 Å². The van der Waals surface area contributed by atoms with Gasteiger partial charge in [0.2, 0.25) is 0 Å². The third kappa shape index (κ3) is 2.69. The second-order valence-electron chi connectivity index (χ2n) is 4.86. The number of rotatable bonds is 2. The van der Waals surface area contributed by atoms with E-state index in [2.05, 4.69) is 26.2 Å². The Morgan fingerprint density at radius 1 is 1.24 bits per heavy atom. The van der Waals surface area contributed by atoms with Gasteiger partial charge in [0.1, 0.15) is 5.69 Å². The number of nitrogens with zero attached hydrogens (tertiary/aromatic N) is 1. The maximum atomic E-state index is 14.3. The van der Waals surface area contributed by atoms with Crippen LogP contribution in [-0.2, 0) is 0 Å². The Kier molecular flexibility index (Phi) is 3.51. The summed E-state index contributed by atoms with van der Waals surface area (Å²) in [7, 11) is 0. The summed E-state index contributed by atoms with van der Waals surface area (Å²) >= 11 is 3.44. The number of pyridine rings is 1. The first-order valence-electron chi connectivity index (χ1n) is 6.41. The number of benzene rings is 2. The molecule has 0 radical (unpaired) electrons. The van der Waals surface area contributed by atoms with Gasteiger partial charge in [0.15, 0.2) is 5.82 Å². The first kappa shape index (κ1) is 13.8. The van der Waals surface area contributed by atoms with Crippen LogP contribution in [0.15, 0.2) is 47.1 Å². The number of nitrogens with two attached hydrogens (primary N) is 1. The van der Waals surface area contributed by atoms with E-state index in [9.17, 15) is 4.39 Å². The normalized spacial score (nSPS) is 10.8. The molecule has 21 heavy (non-hydrogen) atoms. The molecule has 3 nitrogen and oxygen atoms in total. The fourth-order valence-electron chi connectivity index (χ4n) is 2.31. The van der Waals surface area contributed by atoms with Crippen molar-refractivity contribution >= 4 is 43.9 Å². The lowest BCUT2D eigenvalue weighted by atomic mass is 10.1. The monoisotopic (exact) mass is 345 g/mol. The number of fused-ring (bicyclic) bond motifs is 1. The van der Waals surface area contributed by atoms with Crippen LogP contribution < -0.4 is 11.1 Å². The molecule has 0 spiro atoms. The lowest BCUT2D eigenvalue weighted by molar-refractivity contribution is 0.634. The Labute approximate surface area is 130 Å². The van der Waals surface area contributed by atoms with Crippen molar-refractivity contribution in [2.45, 2.75) is 6.92 Å². The average Bonchev–Trinajstić information content (AvgIpc) is 2.42. The molecule has 0 aliphatic carbocycles. The van der Waals surface area contributed by atoms with Gasteiger partial charge in [-0.3, -0.25) is 4.98 Å².